The molecule has 0 aromatic carbocycles. The van der Waals surface area contributed by atoms with Crippen LogP contribution in [0.5, 0.6) is 0 Å². The highest BCUT2D eigenvalue weighted by molar-refractivity contribution is 5.26. The fourth-order valence-electron chi connectivity index (χ4n) is 1.11. The molecule has 1 heterocycles. The summed E-state index contributed by atoms with van der Waals surface area (Å²) < 4.78 is 5.29. The average Bonchev–Trinajstić information content (AvgIpc) is 2.06. The van der Waals surface area contributed by atoms with E-state index in [4.69, 9.17) is 4.74 Å². The van der Waals surface area contributed by atoms with Gasteiger partial charge in [0.05, 0.1) is 12.8 Å². The van der Waals surface area contributed by atoms with Gasteiger partial charge in [-0.1, -0.05) is 6.92 Å². The first-order valence-electron chi connectivity index (χ1n) is 3.83. The molecular formula is C9H13NO. The predicted molar refractivity (Wildman–Crippen MR) is 46.6 cm³/mol. The summed E-state index contributed by atoms with van der Waals surface area (Å²) in [6.07, 6.45) is 5.78. The third kappa shape index (κ3) is 1.93. The normalized spacial score (nSPS) is 16.5. The Morgan fingerprint density at radius 2 is 2.55 bits per heavy atom. The summed E-state index contributed by atoms with van der Waals surface area (Å²) in [5, 5.41) is 0. The smallest absolute Gasteiger partial charge is 0.124 e. The molecule has 0 aromatic rings. The molecule has 0 unspecified atom stereocenters. The van der Waals surface area contributed by atoms with Gasteiger partial charge >= 0.3 is 0 Å². The molecule has 0 fully saturated rings. The molecule has 0 saturated heterocycles. The van der Waals surface area contributed by atoms with Crippen LogP contribution in [0.1, 0.15) is 19.8 Å². The van der Waals surface area contributed by atoms with Crippen LogP contribution in [0.15, 0.2) is 28.7 Å². The molecule has 60 valence electrons. The lowest BCUT2D eigenvalue weighted by Crippen LogP contribution is -2.00. The third-order valence-electron chi connectivity index (χ3n) is 1.75. The summed E-state index contributed by atoms with van der Waals surface area (Å²) in [6, 6.07) is 0. The SMILES string of the molecule is C=NCC1=C(CC)CC=CO1. The summed E-state index contributed by atoms with van der Waals surface area (Å²) in [5.41, 5.74) is 1.33. The Kier molecular flexibility index (Phi) is 2.90. The molecule has 1 rings (SSSR count). The highest BCUT2D eigenvalue weighted by Gasteiger charge is 2.06. The van der Waals surface area contributed by atoms with Crippen LogP contribution in [0.4, 0.5) is 0 Å². The van der Waals surface area contributed by atoms with Crippen molar-refractivity contribution in [3.63, 3.8) is 0 Å². The van der Waals surface area contributed by atoms with Gasteiger partial charge in [0.15, 0.2) is 0 Å². The topological polar surface area (TPSA) is 21.6 Å². The van der Waals surface area contributed by atoms with Crippen molar-refractivity contribution in [1.82, 2.24) is 0 Å². The molecule has 0 spiro atoms. The Bertz CT molecular complexity index is 200. The lowest BCUT2D eigenvalue weighted by atomic mass is 10.1. The summed E-state index contributed by atoms with van der Waals surface area (Å²) in [7, 11) is 0. The number of rotatable bonds is 3. The van der Waals surface area contributed by atoms with Crippen LogP contribution in [0.25, 0.3) is 0 Å². The van der Waals surface area contributed by atoms with Gasteiger partial charge in [-0.25, -0.2) is 0 Å². The van der Waals surface area contributed by atoms with Gasteiger partial charge in [-0.15, -0.1) is 0 Å². The number of hydrogen-bond donors (Lipinski definition) is 0. The molecule has 2 heteroatoms. The van der Waals surface area contributed by atoms with Crippen molar-refractivity contribution < 1.29 is 4.74 Å². The predicted octanol–water partition coefficient (Wildman–Crippen LogP) is 2.29. The number of allylic oxidation sites excluding steroid dienone is 2. The number of nitrogens with zero attached hydrogens (tertiary/aromatic N) is 1. The van der Waals surface area contributed by atoms with Crippen LogP contribution in [-0.2, 0) is 4.74 Å². The van der Waals surface area contributed by atoms with Crippen molar-refractivity contribution >= 4 is 6.72 Å². The second kappa shape index (κ2) is 3.96. The molecule has 1 aliphatic heterocycles. The van der Waals surface area contributed by atoms with Crippen molar-refractivity contribution in [2.24, 2.45) is 4.99 Å². The molecule has 0 radical (unpaired) electrons. The van der Waals surface area contributed by atoms with Crippen molar-refractivity contribution in [1.29, 1.82) is 0 Å². The Labute approximate surface area is 67.3 Å². The maximum absolute atomic E-state index is 5.29. The number of hydrogen-bond acceptors (Lipinski definition) is 2. The van der Waals surface area contributed by atoms with Crippen LogP contribution in [0.3, 0.4) is 0 Å². The van der Waals surface area contributed by atoms with Gasteiger partial charge in [-0.2, -0.15) is 0 Å². The first-order valence-corrected chi connectivity index (χ1v) is 3.83. The average molecular weight is 151 g/mol. The number of aliphatic imine (C=N–C) groups is 1. The van der Waals surface area contributed by atoms with Crippen molar-refractivity contribution in [2.45, 2.75) is 19.8 Å². The zero-order valence-electron chi connectivity index (χ0n) is 6.84. The van der Waals surface area contributed by atoms with Gasteiger partial charge in [0.25, 0.3) is 0 Å². The van der Waals surface area contributed by atoms with E-state index in [0.29, 0.717) is 6.54 Å². The van der Waals surface area contributed by atoms with Crippen LogP contribution in [-0.4, -0.2) is 13.3 Å². The summed E-state index contributed by atoms with van der Waals surface area (Å²) in [4.78, 5) is 3.79. The van der Waals surface area contributed by atoms with E-state index in [1.54, 1.807) is 6.26 Å². The second-order valence-electron chi connectivity index (χ2n) is 2.46. The van der Waals surface area contributed by atoms with Gasteiger partial charge in [0.1, 0.15) is 5.76 Å². The zero-order chi connectivity index (χ0) is 8.10. The Morgan fingerprint density at radius 1 is 1.73 bits per heavy atom. The molecule has 0 N–H and O–H groups in total. The monoisotopic (exact) mass is 151 g/mol. The minimum Gasteiger partial charge on any atom is -0.468 e. The largest absolute Gasteiger partial charge is 0.468 e. The van der Waals surface area contributed by atoms with E-state index in [0.717, 1.165) is 18.6 Å². The van der Waals surface area contributed by atoms with Crippen LogP contribution in [0.2, 0.25) is 0 Å². The van der Waals surface area contributed by atoms with E-state index in [9.17, 15) is 0 Å². The Hall–Kier alpha value is -1.05. The highest BCUT2D eigenvalue weighted by Crippen LogP contribution is 2.19. The molecule has 1 aliphatic rings. The first-order chi connectivity index (χ1) is 5.38. The van der Waals surface area contributed by atoms with Crippen molar-refractivity contribution in [2.75, 3.05) is 6.54 Å². The second-order valence-corrected chi connectivity index (χ2v) is 2.46. The maximum atomic E-state index is 5.29. The fourth-order valence-corrected chi connectivity index (χ4v) is 1.11. The molecule has 2 nitrogen and oxygen atoms in total. The van der Waals surface area contributed by atoms with E-state index < -0.39 is 0 Å². The van der Waals surface area contributed by atoms with E-state index in [1.807, 2.05) is 6.08 Å². The summed E-state index contributed by atoms with van der Waals surface area (Å²) >= 11 is 0. The van der Waals surface area contributed by atoms with E-state index in [1.165, 1.54) is 5.57 Å². The maximum Gasteiger partial charge on any atom is 0.124 e. The highest BCUT2D eigenvalue weighted by atomic mass is 16.5. The molecule has 0 saturated carbocycles. The molecule has 0 atom stereocenters. The van der Waals surface area contributed by atoms with Crippen LogP contribution >= 0.6 is 0 Å². The zero-order valence-corrected chi connectivity index (χ0v) is 6.84. The minimum absolute atomic E-state index is 0.605. The van der Waals surface area contributed by atoms with Gasteiger partial charge in [0.2, 0.25) is 0 Å². The first kappa shape index (κ1) is 8.05. The molecular weight excluding hydrogens is 138 g/mol. The molecule has 11 heavy (non-hydrogen) atoms. The standard InChI is InChI=1S/C9H13NO/c1-3-8-5-4-6-11-9(8)7-10-2/h4,6H,2-3,5,7H2,1H3. The quantitative estimate of drug-likeness (QED) is 0.567. The van der Waals surface area contributed by atoms with E-state index in [-0.39, 0.29) is 0 Å². The third-order valence-corrected chi connectivity index (χ3v) is 1.75. The Morgan fingerprint density at radius 3 is 3.18 bits per heavy atom. The lowest BCUT2D eigenvalue weighted by Gasteiger charge is -2.13. The summed E-state index contributed by atoms with van der Waals surface area (Å²) in [6.45, 7) is 6.17. The fraction of sp³-hybridized carbons (Fsp3) is 0.444. The van der Waals surface area contributed by atoms with Crippen LogP contribution in [0, 0.1) is 0 Å². The molecule has 0 aliphatic carbocycles. The molecule has 0 aromatic heterocycles. The molecule has 0 amide bonds. The minimum atomic E-state index is 0.605. The van der Waals surface area contributed by atoms with Crippen molar-refractivity contribution in [3.05, 3.63) is 23.7 Å². The lowest BCUT2D eigenvalue weighted by molar-refractivity contribution is 0.328. The van der Waals surface area contributed by atoms with Gasteiger partial charge < -0.3 is 4.74 Å². The summed E-state index contributed by atoms with van der Waals surface area (Å²) in [5.74, 6) is 0.977. The van der Waals surface area contributed by atoms with Crippen molar-refractivity contribution in [3.8, 4) is 0 Å². The molecule has 0 bridgehead atoms. The Balaban J connectivity index is 2.67. The van der Waals surface area contributed by atoms with Gasteiger partial charge in [0, 0.05) is 0 Å². The van der Waals surface area contributed by atoms with E-state index >= 15 is 0 Å². The van der Waals surface area contributed by atoms with Gasteiger partial charge in [-0.3, -0.25) is 4.99 Å². The van der Waals surface area contributed by atoms with Gasteiger partial charge in [-0.05, 0) is 31.2 Å². The van der Waals surface area contributed by atoms with Crippen LogP contribution < -0.4 is 0 Å². The number of ether oxygens (including phenoxy) is 1. The van der Waals surface area contributed by atoms with E-state index in [2.05, 4.69) is 18.6 Å².